The lowest BCUT2D eigenvalue weighted by molar-refractivity contribution is 0.0697. The van der Waals surface area contributed by atoms with Gasteiger partial charge in [-0.15, -0.1) is 0 Å². The second-order valence-electron chi connectivity index (χ2n) is 2.41. The monoisotopic (exact) mass is 163 g/mol. The van der Waals surface area contributed by atoms with Crippen LogP contribution in [0.2, 0.25) is 0 Å². The molecule has 12 heavy (non-hydrogen) atoms. The lowest BCUT2D eigenvalue weighted by atomic mass is 10.1. The highest BCUT2D eigenvalue weighted by atomic mass is 16.4. The summed E-state index contributed by atoms with van der Waals surface area (Å²) < 4.78 is 0. The second-order valence-corrected chi connectivity index (χ2v) is 2.41. The fraction of sp³-hybridized carbons (Fsp3) is 0. The summed E-state index contributed by atoms with van der Waals surface area (Å²) in [5, 5.41) is 8.56. The first kappa shape index (κ1) is 8.33. The normalized spacial score (nSPS) is 9.33. The molecule has 0 saturated heterocycles. The largest absolute Gasteiger partial charge is 0.478 e. The smallest absolute Gasteiger partial charge is 0.335 e. The van der Waals surface area contributed by atoms with E-state index in [2.05, 4.69) is 6.58 Å². The van der Waals surface area contributed by atoms with E-state index in [1.807, 2.05) is 0 Å². The van der Waals surface area contributed by atoms with Gasteiger partial charge in [0.05, 0.1) is 5.56 Å². The van der Waals surface area contributed by atoms with Gasteiger partial charge < -0.3 is 10.8 Å². The third-order valence-electron chi connectivity index (χ3n) is 1.50. The van der Waals surface area contributed by atoms with Crippen LogP contribution >= 0.6 is 0 Å². The Hall–Kier alpha value is -1.77. The van der Waals surface area contributed by atoms with Crippen molar-refractivity contribution in [3.63, 3.8) is 0 Å². The molecule has 0 radical (unpaired) electrons. The maximum absolute atomic E-state index is 10.4. The first-order valence-corrected chi connectivity index (χ1v) is 3.39. The molecule has 3 N–H and O–H groups in total. The van der Waals surface area contributed by atoms with Crippen molar-refractivity contribution in [3.05, 3.63) is 42.0 Å². The van der Waals surface area contributed by atoms with E-state index in [0.29, 0.717) is 5.70 Å². The summed E-state index contributed by atoms with van der Waals surface area (Å²) in [4.78, 5) is 10.4. The zero-order valence-corrected chi connectivity index (χ0v) is 6.45. The minimum Gasteiger partial charge on any atom is -0.478 e. The number of carboxylic acid groups (broad SMARTS) is 1. The number of benzene rings is 1. The van der Waals surface area contributed by atoms with Crippen LogP contribution in [0.25, 0.3) is 5.70 Å². The Morgan fingerprint density at radius 3 is 2.00 bits per heavy atom. The molecule has 0 spiro atoms. The number of hydrogen-bond acceptors (Lipinski definition) is 2. The molecule has 3 heteroatoms. The second kappa shape index (κ2) is 3.09. The Balaban J connectivity index is 3.01. The molecule has 0 aromatic heterocycles. The van der Waals surface area contributed by atoms with Crippen LogP contribution in [-0.2, 0) is 0 Å². The molecule has 0 atom stereocenters. The molecule has 1 aromatic carbocycles. The minimum atomic E-state index is -0.941. The number of carbonyl (C=O) groups is 1. The molecule has 0 saturated carbocycles. The van der Waals surface area contributed by atoms with Crippen molar-refractivity contribution in [1.82, 2.24) is 0 Å². The lowest BCUT2D eigenvalue weighted by Crippen LogP contribution is -1.98. The van der Waals surface area contributed by atoms with E-state index in [0.717, 1.165) is 5.56 Å². The van der Waals surface area contributed by atoms with E-state index in [1.165, 1.54) is 12.1 Å². The molecule has 0 heterocycles. The zero-order chi connectivity index (χ0) is 9.14. The summed E-state index contributed by atoms with van der Waals surface area (Å²) in [7, 11) is 0. The number of carboxylic acids is 1. The van der Waals surface area contributed by atoms with E-state index in [1.54, 1.807) is 12.1 Å². The third kappa shape index (κ3) is 1.63. The van der Waals surface area contributed by atoms with Crippen LogP contribution in [0.4, 0.5) is 0 Å². The van der Waals surface area contributed by atoms with Gasteiger partial charge in [-0.2, -0.15) is 0 Å². The summed E-state index contributed by atoms with van der Waals surface area (Å²) >= 11 is 0. The SMILES string of the molecule is C=C(N)c1ccc(C(=O)O)cc1. The van der Waals surface area contributed by atoms with Gasteiger partial charge in [0.1, 0.15) is 0 Å². The van der Waals surface area contributed by atoms with Gasteiger partial charge in [-0.1, -0.05) is 18.7 Å². The number of nitrogens with two attached hydrogens (primary N) is 1. The highest BCUT2D eigenvalue weighted by Gasteiger charge is 2.01. The first-order valence-electron chi connectivity index (χ1n) is 3.39. The van der Waals surface area contributed by atoms with E-state index >= 15 is 0 Å². The van der Waals surface area contributed by atoms with Gasteiger partial charge in [-0.05, 0) is 17.7 Å². The summed E-state index contributed by atoms with van der Waals surface area (Å²) in [6.45, 7) is 3.53. The highest BCUT2D eigenvalue weighted by molar-refractivity contribution is 5.87. The summed E-state index contributed by atoms with van der Waals surface area (Å²) in [5.41, 5.74) is 6.83. The summed E-state index contributed by atoms with van der Waals surface area (Å²) in [6.07, 6.45) is 0. The van der Waals surface area contributed by atoms with Crippen LogP contribution < -0.4 is 5.73 Å². The van der Waals surface area contributed by atoms with Crippen molar-refractivity contribution < 1.29 is 9.90 Å². The fourth-order valence-electron chi connectivity index (χ4n) is 0.827. The first-order chi connectivity index (χ1) is 5.61. The molecule has 0 aliphatic rings. The molecule has 3 nitrogen and oxygen atoms in total. The van der Waals surface area contributed by atoms with Crippen molar-refractivity contribution in [2.75, 3.05) is 0 Å². The maximum atomic E-state index is 10.4. The third-order valence-corrected chi connectivity index (χ3v) is 1.50. The molecule has 62 valence electrons. The molecule has 1 rings (SSSR count). The predicted molar refractivity (Wildman–Crippen MR) is 46.6 cm³/mol. The van der Waals surface area contributed by atoms with Crippen molar-refractivity contribution in [2.45, 2.75) is 0 Å². The van der Waals surface area contributed by atoms with Crippen LogP contribution in [-0.4, -0.2) is 11.1 Å². The topological polar surface area (TPSA) is 63.3 Å². The van der Waals surface area contributed by atoms with E-state index in [4.69, 9.17) is 10.8 Å². The average Bonchev–Trinajstić information content (AvgIpc) is 2.04. The van der Waals surface area contributed by atoms with Crippen LogP contribution in [0.1, 0.15) is 15.9 Å². The van der Waals surface area contributed by atoms with Crippen LogP contribution in [0, 0.1) is 0 Å². The zero-order valence-electron chi connectivity index (χ0n) is 6.45. The lowest BCUT2D eigenvalue weighted by Gasteiger charge is -1.99. The Kier molecular flexibility index (Phi) is 2.14. The van der Waals surface area contributed by atoms with Crippen LogP contribution in [0.15, 0.2) is 30.8 Å². The van der Waals surface area contributed by atoms with Gasteiger partial charge in [0.15, 0.2) is 0 Å². The van der Waals surface area contributed by atoms with Crippen molar-refractivity contribution >= 4 is 11.7 Å². The Labute approximate surface area is 70.1 Å². The summed E-state index contributed by atoms with van der Waals surface area (Å²) in [5.74, 6) is -0.941. The van der Waals surface area contributed by atoms with E-state index < -0.39 is 5.97 Å². The van der Waals surface area contributed by atoms with Crippen molar-refractivity contribution in [3.8, 4) is 0 Å². The van der Waals surface area contributed by atoms with Gasteiger partial charge in [0.25, 0.3) is 0 Å². The molecule has 0 bridgehead atoms. The quantitative estimate of drug-likeness (QED) is 0.691. The fourth-order valence-corrected chi connectivity index (χ4v) is 0.827. The molecular formula is C9H9NO2. The number of rotatable bonds is 2. The van der Waals surface area contributed by atoms with Gasteiger partial charge in [-0.25, -0.2) is 4.79 Å². The molecular weight excluding hydrogens is 154 g/mol. The number of hydrogen-bond donors (Lipinski definition) is 2. The average molecular weight is 163 g/mol. The Morgan fingerprint density at radius 1 is 1.25 bits per heavy atom. The Morgan fingerprint density at radius 2 is 1.67 bits per heavy atom. The summed E-state index contributed by atoms with van der Waals surface area (Å²) in [6, 6.07) is 6.25. The van der Waals surface area contributed by atoms with E-state index in [-0.39, 0.29) is 5.56 Å². The van der Waals surface area contributed by atoms with Crippen molar-refractivity contribution in [2.24, 2.45) is 5.73 Å². The molecule has 1 aromatic rings. The Bertz CT molecular complexity index is 281. The molecule has 0 fully saturated rings. The molecule has 0 aliphatic heterocycles. The molecule has 0 unspecified atom stereocenters. The van der Waals surface area contributed by atoms with Gasteiger partial charge in [0, 0.05) is 5.70 Å². The van der Waals surface area contributed by atoms with Gasteiger partial charge >= 0.3 is 5.97 Å². The predicted octanol–water partition coefficient (Wildman–Crippen LogP) is 1.31. The highest BCUT2D eigenvalue weighted by Crippen LogP contribution is 2.08. The molecule has 0 amide bonds. The molecule has 0 aliphatic carbocycles. The number of aromatic carboxylic acids is 1. The van der Waals surface area contributed by atoms with Crippen molar-refractivity contribution in [1.29, 1.82) is 0 Å². The van der Waals surface area contributed by atoms with Crippen LogP contribution in [0.3, 0.4) is 0 Å². The standard InChI is InChI=1S/C9H9NO2/c1-6(10)7-2-4-8(5-3-7)9(11)12/h2-5H,1,10H2,(H,11,12). The van der Waals surface area contributed by atoms with Gasteiger partial charge in [-0.3, -0.25) is 0 Å². The van der Waals surface area contributed by atoms with Crippen LogP contribution in [0.5, 0.6) is 0 Å². The maximum Gasteiger partial charge on any atom is 0.335 e. The van der Waals surface area contributed by atoms with Gasteiger partial charge in [0.2, 0.25) is 0 Å². The van der Waals surface area contributed by atoms with E-state index in [9.17, 15) is 4.79 Å². The minimum absolute atomic E-state index is 0.250.